The summed E-state index contributed by atoms with van der Waals surface area (Å²) in [7, 11) is 3.28. The van der Waals surface area contributed by atoms with Crippen molar-refractivity contribution < 1.29 is 23.9 Å². The Bertz CT molecular complexity index is 1120. The van der Waals surface area contributed by atoms with Crippen LogP contribution in [0.2, 0.25) is 0 Å². The van der Waals surface area contributed by atoms with Crippen LogP contribution in [0.25, 0.3) is 0 Å². The number of nitrogens with zero attached hydrogens (tertiary/aromatic N) is 2. The number of hydrogen-bond acceptors (Lipinski definition) is 5. The second-order valence-corrected chi connectivity index (χ2v) is 9.97. The molecule has 184 valence electrons. The smallest absolute Gasteiger partial charge is 0.241 e. The fraction of sp³-hybridized carbons (Fsp3) is 0.464. The van der Waals surface area contributed by atoms with Crippen LogP contribution in [0.1, 0.15) is 49.7 Å². The van der Waals surface area contributed by atoms with Crippen LogP contribution in [0.4, 0.5) is 0 Å². The molecule has 7 heteroatoms. The standard InChI is InChI=1S/C28H32N2O5/c1-29(18-21-15-19-9-3-7-13-23(19)35-21)25(31)16-28(22-12-6-8-14-24(22)34-2)17-26(32)30(27(28)33)20-10-4-5-11-20/h3,6-9,12-14,20-21H,4-5,10-11,15-18H2,1-2H3/t21-,28-/m0/s1. The second-order valence-electron chi connectivity index (χ2n) is 9.97. The number of carbonyl (C=O) groups excluding carboxylic acids is 3. The monoisotopic (exact) mass is 476 g/mol. The highest BCUT2D eigenvalue weighted by Gasteiger charge is 2.56. The summed E-state index contributed by atoms with van der Waals surface area (Å²) in [4.78, 5) is 43.9. The van der Waals surface area contributed by atoms with Crippen LogP contribution in [0.15, 0.2) is 48.5 Å². The van der Waals surface area contributed by atoms with Crippen LogP contribution in [-0.4, -0.2) is 60.4 Å². The molecule has 2 aliphatic heterocycles. The van der Waals surface area contributed by atoms with E-state index in [9.17, 15) is 14.4 Å². The summed E-state index contributed by atoms with van der Waals surface area (Å²) in [6.07, 6.45) is 4.16. The molecule has 0 bridgehead atoms. The van der Waals surface area contributed by atoms with Gasteiger partial charge in [0.15, 0.2) is 0 Å². The summed E-state index contributed by atoms with van der Waals surface area (Å²) in [5.41, 5.74) is 0.470. The first-order valence-electron chi connectivity index (χ1n) is 12.4. The summed E-state index contributed by atoms with van der Waals surface area (Å²) in [6, 6.07) is 15.1. The summed E-state index contributed by atoms with van der Waals surface area (Å²) < 4.78 is 11.6. The van der Waals surface area contributed by atoms with Crippen molar-refractivity contribution in [3.05, 3.63) is 59.7 Å². The van der Waals surface area contributed by atoms with Crippen molar-refractivity contribution in [2.24, 2.45) is 0 Å². The number of benzene rings is 2. The molecular formula is C28H32N2O5. The van der Waals surface area contributed by atoms with E-state index in [0.717, 1.165) is 43.4 Å². The summed E-state index contributed by atoms with van der Waals surface area (Å²) in [6.45, 7) is 0.407. The van der Waals surface area contributed by atoms with Crippen molar-refractivity contribution >= 4 is 17.7 Å². The van der Waals surface area contributed by atoms with Crippen LogP contribution >= 0.6 is 0 Å². The molecule has 7 nitrogen and oxygen atoms in total. The molecule has 3 amide bonds. The van der Waals surface area contributed by atoms with Gasteiger partial charge < -0.3 is 14.4 Å². The Balaban J connectivity index is 1.40. The Labute approximate surface area is 206 Å². The first-order chi connectivity index (χ1) is 16.9. The van der Waals surface area contributed by atoms with Gasteiger partial charge in [-0.1, -0.05) is 49.2 Å². The van der Waals surface area contributed by atoms with E-state index in [1.807, 2.05) is 42.5 Å². The highest BCUT2D eigenvalue weighted by atomic mass is 16.5. The van der Waals surface area contributed by atoms with Crippen molar-refractivity contribution in [2.45, 2.75) is 62.5 Å². The normalized spacial score (nSPS) is 23.9. The molecule has 1 aliphatic carbocycles. The van der Waals surface area contributed by atoms with Gasteiger partial charge in [0, 0.05) is 37.9 Å². The predicted octanol–water partition coefficient (Wildman–Crippen LogP) is 3.49. The molecule has 2 aromatic rings. The number of methoxy groups -OCH3 is 1. The van der Waals surface area contributed by atoms with Crippen LogP contribution in [-0.2, 0) is 26.2 Å². The van der Waals surface area contributed by atoms with E-state index in [1.54, 1.807) is 25.1 Å². The number of fused-ring (bicyclic) bond motifs is 1. The van der Waals surface area contributed by atoms with Crippen molar-refractivity contribution in [1.82, 2.24) is 9.80 Å². The first-order valence-corrected chi connectivity index (χ1v) is 12.4. The quantitative estimate of drug-likeness (QED) is 0.572. The van der Waals surface area contributed by atoms with E-state index >= 15 is 0 Å². The third-order valence-corrected chi connectivity index (χ3v) is 7.73. The molecule has 5 rings (SSSR count). The number of hydrogen-bond donors (Lipinski definition) is 0. The lowest BCUT2D eigenvalue weighted by molar-refractivity contribution is -0.144. The lowest BCUT2D eigenvalue weighted by atomic mass is 9.75. The Morgan fingerprint density at radius 2 is 1.83 bits per heavy atom. The number of para-hydroxylation sites is 2. The SMILES string of the molecule is COc1ccccc1[C@]1(CC(=O)N(C)C[C@@H]2Cc3ccccc3O2)CC(=O)N(C2CCCC2)C1=O. The number of ether oxygens (including phenoxy) is 2. The molecule has 1 saturated heterocycles. The molecular weight excluding hydrogens is 444 g/mol. The topological polar surface area (TPSA) is 76.2 Å². The van der Waals surface area contributed by atoms with Crippen molar-refractivity contribution in [2.75, 3.05) is 20.7 Å². The summed E-state index contributed by atoms with van der Waals surface area (Å²) in [5, 5.41) is 0. The van der Waals surface area contributed by atoms with Gasteiger partial charge >= 0.3 is 0 Å². The second kappa shape index (κ2) is 9.36. The molecule has 1 saturated carbocycles. The maximum atomic E-state index is 14.0. The lowest BCUT2D eigenvalue weighted by Crippen LogP contribution is -2.46. The zero-order valence-corrected chi connectivity index (χ0v) is 20.4. The maximum absolute atomic E-state index is 14.0. The highest BCUT2D eigenvalue weighted by molar-refractivity contribution is 6.11. The highest BCUT2D eigenvalue weighted by Crippen LogP contribution is 2.46. The van der Waals surface area contributed by atoms with Crippen LogP contribution in [0.5, 0.6) is 11.5 Å². The van der Waals surface area contributed by atoms with Gasteiger partial charge in [-0.15, -0.1) is 0 Å². The minimum absolute atomic E-state index is 0.0202. The first kappa shape index (κ1) is 23.4. The molecule has 2 atom stereocenters. The largest absolute Gasteiger partial charge is 0.496 e. The number of likely N-dealkylation sites (N-methyl/N-ethyl adjacent to an activating group) is 1. The van der Waals surface area contributed by atoms with Gasteiger partial charge in [-0.25, -0.2) is 0 Å². The van der Waals surface area contributed by atoms with Gasteiger partial charge in [0.25, 0.3) is 0 Å². The van der Waals surface area contributed by atoms with Crippen molar-refractivity contribution in [3.8, 4) is 11.5 Å². The fourth-order valence-corrected chi connectivity index (χ4v) is 5.93. The summed E-state index contributed by atoms with van der Waals surface area (Å²) >= 11 is 0. The van der Waals surface area contributed by atoms with Crippen molar-refractivity contribution in [1.29, 1.82) is 0 Å². The van der Waals surface area contributed by atoms with E-state index in [2.05, 4.69) is 0 Å². The van der Waals surface area contributed by atoms with Gasteiger partial charge in [0.05, 0.1) is 19.1 Å². The average Bonchev–Trinajstić information content (AvgIpc) is 3.57. The average molecular weight is 477 g/mol. The van der Waals surface area contributed by atoms with Crippen molar-refractivity contribution in [3.63, 3.8) is 0 Å². The Kier molecular flexibility index (Phi) is 6.26. The van der Waals surface area contributed by atoms with Crippen LogP contribution in [0.3, 0.4) is 0 Å². The van der Waals surface area contributed by atoms with E-state index in [1.165, 1.54) is 4.90 Å². The molecule has 3 aliphatic rings. The molecule has 0 N–H and O–H groups in total. The van der Waals surface area contributed by atoms with Gasteiger partial charge in [0.2, 0.25) is 17.7 Å². The molecule has 2 aromatic carbocycles. The number of carbonyl (C=O) groups is 3. The van der Waals surface area contributed by atoms with Gasteiger partial charge in [-0.3, -0.25) is 19.3 Å². The van der Waals surface area contributed by atoms with Crippen LogP contribution in [0, 0.1) is 0 Å². The van der Waals surface area contributed by atoms with Gasteiger partial charge in [-0.2, -0.15) is 0 Å². The minimum Gasteiger partial charge on any atom is -0.496 e. The van der Waals surface area contributed by atoms with Gasteiger partial charge in [-0.05, 0) is 30.5 Å². The molecule has 2 heterocycles. The molecule has 0 radical (unpaired) electrons. The molecule has 35 heavy (non-hydrogen) atoms. The van der Waals surface area contributed by atoms with Crippen LogP contribution < -0.4 is 9.47 Å². The number of imide groups is 1. The van der Waals surface area contributed by atoms with Gasteiger partial charge in [0.1, 0.15) is 17.6 Å². The number of rotatable bonds is 7. The Hall–Kier alpha value is -3.35. The van der Waals surface area contributed by atoms with E-state index in [0.29, 0.717) is 17.9 Å². The lowest BCUT2D eigenvalue weighted by Gasteiger charge is -2.32. The molecule has 2 fully saturated rings. The minimum atomic E-state index is -1.27. The third kappa shape index (κ3) is 4.17. The van der Waals surface area contributed by atoms with E-state index < -0.39 is 5.41 Å². The number of likely N-dealkylation sites (tertiary alicyclic amines) is 1. The Morgan fingerprint density at radius 1 is 1.11 bits per heavy atom. The Morgan fingerprint density at radius 3 is 2.57 bits per heavy atom. The summed E-state index contributed by atoms with van der Waals surface area (Å²) in [5.74, 6) is 0.715. The zero-order valence-electron chi connectivity index (χ0n) is 20.4. The molecule has 0 aromatic heterocycles. The third-order valence-electron chi connectivity index (χ3n) is 7.73. The zero-order chi connectivity index (χ0) is 24.6. The molecule has 0 spiro atoms. The predicted molar refractivity (Wildman–Crippen MR) is 130 cm³/mol. The number of amides is 3. The maximum Gasteiger partial charge on any atom is 0.241 e. The fourth-order valence-electron chi connectivity index (χ4n) is 5.93. The van der Waals surface area contributed by atoms with E-state index in [4.69, 9.17) is 9.47 Å². The van der Waals surface area contributed by atoms with E-state index in [-0.39, 0.29) is 42.7 Å². The molecule has 0 unspecified atom stereocenters.